The number of carbonyl (C=O) groups is 1. The van der Waals surface area contributed by atoms with Crippen molar-refractivity contribution in [1.29, 1.82) is 0 Å². The molecule has 0 aliphatic rings. The highest BCUT2D eigenvalue weighted by Gasteiger charge is 2.32. The number of rotatable bonds is 4. The maximum atomic E-state index is 13.1. The second-order valence-electron chi connectivity index (χ2n) is 8.10. The Kier molecular flexibility index (Phi) is 6.41. The molecule has 3 aromatic carbocycles. The molecule has 0 fully saturated rings. The van der Waals surface area contributed by atoms with E-state index in [4.69, 9.17) is 0 Å². The molecule has 0 N–H and O–H groups in total. The van der Waals surface area contributed by atoms with Crippen molar-refractivity contribution in [3.63, 3.8) is 0 Å². The van der Waals surface area contributed by atoms with Crippen molar-refractivity contribution in [3.8, 4) is 33.6 Å². The fourth-order valence-corrected chi connectivity index (χ4v) is 3.96. The molecule has 4 aromatic rings. The molecule has 0 bridgehead atoms. The lowest BCUT2D eigenvalue weighted by molar-refractivity contribution is -0.384. The first kappa shape index (κ1) is 25.7. The summed E-state index contributed by atoms with van der Waals surface area (Å²) in [4.78, 5) is 23.2. The van der Waals surface area contributed by atoms with Gasteiger partial charge in [0.1, 0.15) is 0 Å². The Labute approximate surface area is 205 Å². The number of nitro benzene ring substituents is 1. The van der Waals surface area contributed by atoms with E-state index in [0.29, 0.717) is 5.56 Å². The lowest BCUT2D eigenvalue weighted by Crippen LogP contribution is -2.10. The molecule has 0 aliphatic heterocycles. The summed E-state index contributed by atoms with van der Waals surface area (Å²) in [6.45, 7) is 1.22. The number of nitrogens with zero attached hydrogens (tertiary/aromatic N) is 2. The average molecular weight is 518 g/mol. The van der Waals surface area contributed by atoms with Crippen LogP contribution in [0.2, 0.25) is 0 Å². The summed E-state index contributed by atoms with van der Waals surface area (Å²) >= 11 is 0. The molecule has 0 atom stereocenters. The SMILES string of the molecule is CC(=O)n1c(-c2ccc([N+](=O)[O-])cc2)cc(-c2ccc(C(F)(F)F)cc2)c1-c1ccc(C(F)(F)F)cc1. The molecule has 1 heterocycles. The fraction of sp³-hybridized carbons (Fsp3) is 0.115. The first-order chi connectivity index (χ1) is 17.3. The van der Waals surface area contributed by atoms with E-state index in [1.54, 1.807) is 0 Å². The summed E-state index contributed by atoms with van der Waals surface area (Å²) in [6.07, 6.45) is -9.18. The summed E-state index contributed by atoms with van der Waals surface area (Å²) in [5.74, 6) is -0.526. The number of halogens is 6. The Morgan fingerprint density at radius 2 is 1.16 bits per heavy atom. The van der Waals surface area contributed by atoms with Gasteiger partial charge in [0, 0.05) is 24.6 Å². The number of alkyl halides is 6. The van der Waals surface area contributed by atoms with Gasteiger partial charge in [-0.05, 0) is 59.2 Å². The smallest absolute Gasteiger partial charge is 0.279 e. The van der Waals surface area contributed by atoms with Crippen molar-refractivity contribution in [2.24, 2.45) is 0 Å². The van der Waals surface area contributed by atoms with E-state index >= 15 is 0 Å². The minimum Gasteiger partial charge on any atom is -0.279 e. The summed E-state index contributed by atoms with van der Waals surface area (Å²) < 4.78 is 79.9. The van der Waals surface area contributed by atoms with E-state index < -0.39 is 34.3 Å². The van der Waals surface area contributed by atoms with Crippen molar-refractivity contribution >= 4 is 11.6 Å². The molecule has 5 nitrogen and oxygen atoms in total. The van der Waals surface area contributed by atoms with Crippen molar-refractivity contribution in [1.82, 2.24) is 4.57 Å². The second-order valence-corrected chi connectivity index (χ2v) is 8.10. The van der Waals surface area contributed by atoms with E-state index in [2.05, 4.69) is 0 Å². The van der Waals surface area contributed by atoms with Gasteiger partial charge in [0.05, 0.1) is 27.4 Å². The maximum Gasteiger partial charge on any atom is 0.416 e. The van der Waals surface area contributed by atoms with E-state index in [9.17, 15) is 41.3 Å². The van der Waals surface area contributed by atoms with Gasteiger partial charge in [-0.3, -0.25) is 19.5 Å². The Morgan fingerprint density at radius 1 is 0.730 bits per heavy atom. The molecule has 0 aliphatic carbocycles. The summed E-state index contributed by atoms with van der Waals surface area (Å²) in [5.41, 5.74) is -0.420. The average Bonchev–Trinajstić information content (AvgIpc) is 3.24. The number of non-ortho nitro benzene ring substituents is 1. The molecule has 0 amide bonds. The molecule has 37 heavy (non-hydrogen) atoms. The lowest BCUT2D eigenvalue weighted by Gasteiger charge is -2.14. The number of aromatic nitrogens is 1. The van der Waals surface area contributed by atoms with Crippen LogP contribution in [0.4, 0.5) is 32.0 Å². The van der Waals surface area contributed by atoms with Crippen LogP contribution in [-0.4, -0.2) is 15.4 Å². The van der Waals surface area contributed by atoms with Gasteiger partial charge in [-0.25, -0.2) is 0 Å². The fourth-order valence-electron chi connectivity index (χ4n) is 3.96. The molecule has 190 valence electrons. The standard InChI is InChI=1S/C26H16F6N2O3/c1-15(35)33-23(17-6-12-21(13-7-17)34(36)37)14-22(16-2-8-19(9-3-16)25(27,28)29)24(33)18-4-10-20(11-5-18)26(30,31)32/h2-14H,1H3. The van der Waals surface area contributed by atoms with Crippen LogP contribution < -0.4 is 0 Å². The molecule has 1 aromatic heterocycles. The molecule has 0 saturated carbocycles. The highest BCUT2D eigenvalue weighted by molar-refractivity contribution is 5.96. The van der Waals surface area contributed by atoms with Gasteiger partial charge in [0.2, 0.25) is 5.91 Å². The lowest BCUT2D eigenvalue weighted by atomic mass is 9.99. The van der Waals surface area contributed by atoms with Crippen molar-refractivity contribution in [3.05, 3.63) is 100 Å². The highest BCUT2D eigenvalue weighted by Crippen LogP contribution is 2.41. The van der Waals surface area contributed by atoms with Crippen LogP contribution in [0.15, 0.2) is 78.9 Å². The molecule has 11 heteroatoms. The van der Waals surface area contributed by atoms with Crippen LogP contribution in [0.3, 0.4) is 0 Å². The molecule has 0 saturated heterocycles. The molecular weight excluding hydrogens is 502 g/mol. The van der Waals surface area contributed by atoms with Gasteiger partial charge >= 0.3 is 12.4 Å². The van der Waals surface area contributed by atoms with E-state index in [0.717, 1.165) is 24.3 Å². The first-order valence-electron chi connectivity index (χ1n) is 10.6. The second kappa shape index (κ2) is 9.23. The topological polar surface area (TPSA) is 65.1 Å². The number of hydrogen-bond acceptors (Lipinski definition) is 3. The summed E-state index contributed by atoms with van der Waals surface area (Å²) in [5, 5.41) is 11.0. The number of nitro groups is 1. The number of benzene rings is 3. The zero-order chi connectivity index (χ0) is 27.1. The van der Waals surface area contributed by atoms with Gasteiger partial charge in [-0.2, -0.15) is 26.3 Å². The normalized spacial score (nSPS) is 12.0. The minimum absolute atomic E-state index is 0.161. The molecule has 4 rings (SSSR count). The van der Waals surface area contributed by atoms with Gasteiger partial charge in [0.15, 0.2) is 0 Å². The molecule has 0 unspecified atom stereocenters. The quantitative estimate of drug-likeness (QED) is 0.156. The van der Waals surface area contributed by atoms with Crippen molar-refractivity contribution < 1.29 is 36.1 Å². The zero-order valence-corrected chi connectivity index (χ0v) is 18.9. The Hall–Kier alpha value is -4.41. The van der Waals surface area contributed by atoms with Crippen LogP contribution >= 0.6 is 0 Å². The Morgan fingerprint density at radius 3 is 1.57 bits per heavy atom. The van der Waals surface area contributed by atoms with Crippen LogP contribution in [-0.2, 0) is 12.4 Å². The van der Waals surface area contributed by atoms with Crippen LogP contribution in [0.25, 0.3) is 33.6 Å². The van der Waals surface area contributed by atoms with Gasteiger partial charge in [-0.1, -0.05) is 24.3 Å². The van der Waals surface area contributed by atoms with Gasteiger partial charge in [0.25, 0.3) is 5.69 Å². The van der Waals surface area contributed by atoms with Gasteiger partial charge in [-0.15, -0.1) is 0 Å². The van der Waals surface area contributed by atoms with E-state index in [1.807, 2.05) is 0 Å². The first-order valence-corrected chi connectivity index (χ1v) is 10.6. The zero-order valence-electron chi connectivity index (χ0n) is 18.9. The van der Waals surface area contributed by atoms with E-state index in [-0.39, 0.29) is 33.8 Å². The highest BCUT2D eigenvalue weighted by atomic mass is 19.4. The minimum atomic E-state index is -4.60. The Bertz CT molecular complexity index is 1470. The number of hydrogen-bond donors (Lipinski definition) is 0. The van der Waals surface area contributed by atoms with E-state index in [1.165, 1.54) is 66.1 Å². The molecular formula is C26H16F6N2O3. The third kappa shape index (κ3) is 5.11. The maximum absolute atomic E-state index is 13.1. The molecule has 0 radical (unpaired) electrons. The predicted molar refractivity (Wildman–Crippen MR) is 124 cm³/mol. The summed E-state index contributed by atoms with van der Waals surface area (Å²) in [6, 6.07) is 14.9. The predicted octanol–water partition coefficient (Wildman–Crippen LogP) is 8.10. The summed E-state index contributed by atoms with van der Waals surface area (Å²) in [7, 11) is 0. The Balaban J connectivity index is 1.97. The van der Waals surface area contributed by atoms with Crippen LogP contribution in [0, 0.1) is 10.1 Å². The largest absolute Gasteiger partial charge is 0.416 e. The van der Waals surface area contributed by atoms with Gasteiger partial charge < -0.3 is 0 Å². The molecule has 0 spiro atoms. The van der Waals surface area contributed by atoms with Crippen molar-refractivity contribution in [2.45, 2.75) is 19.3 Å². The van der Waals surface area contributed by atoms with Crippen LogP contribution in [0.1, 0.15) is 22.8 Å². The number of carbonyl (C=O) groups excluding carboxylic acids is 1. The third-order valence-electron chi connectivity index (χ3n) is 5.70. The monoisotopic (exact) mass is 518 g/mol. The van der Waals surface area contributed by atoms with Crippen molar-refractivity contribution in [2.75, 3.05) is 0 Å². The third-order valence-corrected chi connectivity index (χ3v) is 5.70. The van der Waals surface area contributed by atoms with Crippen LogP contribution in [0.5, 0.6) is 0 Å².